The van der Waals surface area contributed by atoms with Gasteiger partial charge in [-0.2, -0.15) is 13.2 Å². The molecule has 6 nitrogen and oxygen atoms in total. The Balaban J connectivity index is 1.86. The van der Waals surface area contributed by atoms with Crippen LogP contribution < -0.4 is 11.1 Å². The van der Waals surface area contributed by atoms with Gasteiger partial charge in [-0.05, 0) is 40.2 Å². The number of nitrogens with two attached hydrogens (primary N) is 1. The molecule has 1 amide bonds. The fourth-order valence-corrected chi connectivity index (χ4v) is 3.39. The summed E-state index contributed by atoms with van der Waals surface area (Å²) in [5.41, 5.74) is 5.21. The Morgan fingerprint density at radius 3 is 2.72 bits per heavy atom. The maximum absolute atomic E-state index is 14.3. The fraction of sp³-hybridized carbons (Fsp3) is 0.235. The Labute approximate surface area is 175 Å². The van der Waals surface area contributed by atoms with Crippen molar-refractivity contribution in [3.05, 3.63) is 57.0 Å². The van der Waals surface area contributed by atoms with Crippen molar-refractivity contribution in [2.24, 2.45) is 10.7 Å². The highest BCUT2D eigenvalue weighted by Crippen LogP contribution is 2.37. The van der Waals surface area contributed by atoms with E-state index in [4.69, 9.17) is 17.3 Å². The molecule has 0 aliphatic carbocycles. The van der Waals surface area contributed by atoms with Gasteiger partial charge in [-0.15, -0.1) is 0 Å². The number of nitrogens with one attached hydrogen (secondary N) is 1. The number of aromatic nitrogens is 1. The summed E-state index contributed by atoms with van der Waals surface area (Å²) in [7, 11) is 0. The number of alkyl halides is 3. The number of pyridine rings is 1. The van der Waals surface area contributed by atoms with Crippen molar-refractivity contribution < 1.29 is 27.1 Å². The molecule has 0 unspecified atom stereocenters. The van der Waals surface area contributed by atoms with E-state index in [2.05, 4.69) is 36.0 Å². The van der Waals surface area contributed by atoms with Crippen molar-refractivity contribution >= 4 is 45.1 Å². The molecule has 1 aromatic heterocycles. The van der Waals surface area contributed by atoms with E-state index in [9.17, 15) is 22.4 Å². The lowest BCUT2D eigenvalue weighted by Crippen LogP contribution is -2.40. The molecule has 2 heterocycles. The monoisotopic (exact) mass is 494 g/mol. The summed E-state index contributed by atoms with van der Waals surface area (Å²) in [5.74, 6) is -1.48. The van der Waals surface area contributed by atoms with Crippen LogP contribution in [0.3, 0.4) is 0 Å². The Bertz CT molecular complexity index is 986. The molecule has 0 radical (unpaired) electrons. The number of amidine groups is 1. The molecular weight excluding hydrogens is 484 g/mol. The third kappa shape index (κ3) is 4.96. The lowest BCUT2D eigenvalue weighted by Gasteiger charge is -2.29. The zero-order valence-corrected chi connectivity index (χ0v) is 16.6. The molecule has 3 N–H and O–H groups in total. The van der Waals surface area contributed by atoms with E-state index >= 15 is 0 Å². The van der Waals surface area contributed by atoms with Crippen LogP contribution in [0, 0.1) is 5.82 Å². The highest BCUT2D eigenvalue weighted by atomic mass is 79.9. The largest absolute Gasteiger partial charge is 0.452 e. The number of anilines is 1. The normalized spacial score (nSPS) is 19.3. The molecule has 154 valence electrons. The highest BCUT2D eigenvalue weighted by molar-refractivity contribution is 9.10. The van der Waals surface area contributed by atoms with Gasteiger partial charge in [0.1, 0.15) is 11.5 Å². The highest BCUT2D eigenvalue weighted by Gasteiger charge is 2.46. The lowest BCUT2D eigenvalue weighted by atomic mass is 9.98. The fourth-order valence-electron chi connectivity index (χ4n) is 2.68. The summed E-state index contributed by atoms with van der Waals surface area (Å²) in [6.45, 7) is 0. The molecule has 2 aromatic rings. The van der Waals surface area contributed by atoms with E-state index in [0.29, 0.717) is 4.47 Å². The Hall–Kier alpha value is -2.40. The second-order valence-corrected chi connectivity index (χ2v) is 7.36. The number of rotatable bonds is 3. The average molecular weight is 496 g/mol. The molecule has 0 saturated heterocycles. The van der Waals surface area contributed by atoms with Crippen LogP contribution in [0.25, 0.3) is 0 Å². The van der Waals surface area contributed by atoms with Crippen LogP contribution in [0.1, 0.15) is 28.5 Å². The van der Waals surface area contributed by atoms with Crippen molar-refractivity contribution in [1.29, 1.82) is 0 Å². The average Bonchev–Trinajstić information content (AvgIpc) is 2.62. The van der Waals surface area contributed by atoms with Gasteiger partial charge in [0.15, 0.2) is 6.10 Å². The summed E-state index contributed by atoms with van der Waals surface area (Å²) in [4.78, 5) is 20.0. The van der Waals surface area contributed by atoms with Gasteiger partial charge < -0.3 is 15.8 Å². The Kier molecular flexibility index (Phi) is 5.99. The molecule has 0 saturated carbocycles. The van der Waals surface area contributed by atoms with Gasteiger partial charge in [-0.1, -0.05) is 11.6 Å². The van der Waals surface area contributed by atoms with Crippen molar-refractivity contribution in [1.82, 2.24) is 4.98 Å². The Morgan fingerprint density at radius 2 is 2.07 bits per heavy atom. The van der Waals surface area contributed by atoms with Crippen LogP contribution in [0.5, 0.6) is 0 Å². The van der Waals surface area contributed by atoms with Gasteiger partial charge >= 0.3 is 6.18 Å². The van der Waals surface area contributed by atoms with Crippen LogP contribution in [-0.4, -0.2) is 29.2 Å². The minimum absolute atomic E-state index is 0.0776. The summed E-state index contributed by atoms with van der Waals surface area (Å²) in [5, 5.41) is 2.55. The van der Waals surface area contributed by atoms with Gasteiger partial charge in [0, 0.05) is 28.3 Å². The third-order valence-corrected chi connectivity index (χ3v) is 4.71. The number of amides is 1. The van der Waals surface area contributed by atoms with Crippen LogP contribution in [0.4, 0.5) is 23.2 Å². The van der Waals surface area contributed by atoms with Gasteiger partial charge in [0.2, 0.25) is 0 Å². The summed E-state index contributed by atoms with van der Waals surface area (Å²) >= 11 is 9.14. The number of ether oxygens (including phenoxy) is 1. The summed E-state index contributed by atoms with van der Waals surface area (Å²) in [6.07, 6.45) is -6.19. The first-order chi connectivity index (χ1) is 13.5. The van der Waals surface area contributed by atoms with E-state index in [1.807, 2.05) is 0 Å². The molecule has 1 aromatic carbocycles. The molecule has 0 spiro atoms. The van der Waals surface area contributed by atoms with Gasteiger partial charge in [-0.25, -0.2) is 14.4 Å². The molecule has 0 fully saturated rings. The molecule has 0 bridgehead atoms. The number of hydrogen-bond donors (Lipinski definition) is 2. The second-order valence-electron chi connectivity index (χ2n) is 6.04. The molecular formula is C17H12BrClF4N4O2. The van der Waals surface area contributed by atoms with E-state index in [1.165, 1.54) is 24.4 Å². The number of carbonyl (C=O) groups excluding carboxylic acids is 1. The topological polar surface area (TPSA) is 89.6 Å². The van der Waals surface area contributed by atoms with Gasteiger partial charge in [0.25, 0.3) is 11.9 Å². The van der Waals surface area contributed by atoms with E-state index in [0.717, 1.165) is 6.07 Å². The number of nitrogens with zero attached hydrogens (tertiary/aromatic N) is 2. The second kappa shape index (κ2) is 8.15. The predicted octanol–water partition coefficient (Wildman–Crippen LogP) is 4.60. The number of aliphatic imine (C=N–C) groups is 1. The first-order valence-corrected chi connectivity index (χ1v) is 9.20. The van der Waals surface area contributed by atoms with Gasteiger partial charge in [-0.3, -0.25) is 4.79 Å². The van der Waals surface area contributed by atoms with Crippen LogP contribution in [0.2, 0.25) is 5.02 Å². The smallest absolute Gasteiger partial charge is 0.425 e. The molecule has 1 aliphatic heterocycles. The molecule has 29 heavy (non-hydrogen) atoms. The number of benzene rings is 1. The maximum Gasteiger partial charge on any atom is 0.425 e. The Morgan fingerprint density at radius 1 is 1.34 bits per heavy atom. The minimum Gasteiger partial charge on any atom is -0.452 e. The van der Waals surface area contributed by atoms with Crippen molar-refractivity contribution in [3.8, 4) is 0 Å². The van der Waals surface area contributed by atoms with Crippen molar-refractivity contribution in [2.75, 3.05) is 5.32 Å². The van der Waals surface area contributed by atoms with Crippen LogP contribution in [-0.2, 0) is 4.74 Å². The maximum atomic E-state index is 14.3. The SMILES string of the molecule is NC1=N[C@H](c2cc(NC(=O)c3ncc(Br)cc3Cl)ccc2F)C[C@@H](C(F)(F)F)O1. The molecule has 3 rings (SSSR count). The summed E-state index contributed by atoms with van der Waals surface area (Å²) < 4.78 is 58.4. The zero-order valence-electron chi connectivity index (χ0n) is 14.3. The lowest BCUT2D eigenvalue weighted by molar-refractivity contribution is -0.204. The van der Waals surface area contributed by atoms with Crippen molar-refractivity contribution in [2.45, 2.75) is 24.7 Å². The standard InChI is InChI=1S/C17H12BrClF4N4O2/c18-7-3-10(19)14(25-6-7)15(28)26-8-1-2-11(20)9(4-8)12-5-13(17(21,22)23)29-16(24)27-12/h1-4,6,12-13H,5H2,(H2,24,27)(H,26,28)/t12-,13-/m0/s1. The van der Waals surface area contributed by atoms with E-state index < -0.39 is 42.5 Å². The first kappa shape index (κ1) is 21.3. The number of carbonyl (C=O) groups is 1. The third-order valence-electron chi connectivity index (χ3n) is 3.98. The van der Waals surface area contributed by atoms with E-state index in [1.54, 1.807) is 0 Å². The van der Waals surface area contributed by atoms with E-state index in [-0.39, 0.29) is 22.0 Å². The summed E-state index contributed by atoms with van der Waals surface area (Å²) in [6, 6.07) is 2.98. The molecule has 2 atom stereocenters. The van der Waals surface area contributed by atoms with Gasteiger partial charge in [0.05, 0.1) is 11.1 Å². The molecule has 1 aliphatic rings. The van der Waals surface area contributed by atoms with Crippen LogP contribution >= 0.6 is 27.5 Å². The van der Waals surface area contributed by atoms with Crippen LogP contribution in [0.15, 0.2) is 39.9 Å². The number of halogens is 6. The minimum atomic E-state index is -4.69. The zero-order chi connectivity index (χ0) is 21.3. The van der Waals surface area contributed by atoms with Crippen molar-refractivity contribution in [3.63, 3.8) is 0 Å². The quantitative estimate of drug-likeness (QED) is 0.609. The number of hydrogen-bond acceptors (Lipinski definition) is 5. The first-order valence-electron chi connectivity index (χ1n) is 8.03. The molecule has 12 heteroatoms. The predicted molar refractivity (Wildman–Crippen MR) is 101 cm³/mol.